The molecule has 0 aromatic rings. The lowest BCUT2D eigenvalue weighted by Gasteiger charge is -2.22. The van der Waals surface area contributed by atoms with E-state index < -0.39 is 12.1 Å². The average molecular weight is 1020 g/mol. The number of unbranched alkanes of at least 4 members (excludes halogenated alkanes) is 52. The summed E-state index contributed by atoms with van der Waals surface area (Å²) in [7, 11) is 0. The number of rotatable bonds is 63. The van der Waals surface area contributed by atoms with E-state index in [4.69, 9.17) is 4.74 Å². The molecule has 0 saturated carbocycles. The first-order valence-electron chi connectivity index (χ1n) is 33.3. The molecule has 3 N–H and O–H groups in total. The number of carbonyl (C=O) groups is 2. The maximum atomic E-state index is 12.5. The molecule has 0 fully saturated rings. The molecule has 0 aliphatic carbocycles. The number of esters is 1. The van der Waals surface area contributed by atoms with Gasteiger partial charge in [-0.05, 0) is 25.7 Å². The molecule has 6 nitrogen and oxygen atoms in total. The van der Waals surface area contributed by atoms with E-state index in [1.807, 2.05) is 0 Å². The predicted octanol–water partition coefficient (Wildman–Crippen LogP) is 21.0. The number of carbonyl (C=O) groups excluding carboxylic acids is 2. The van der Waals surface area contributed by atoms with Crippen LogP contribution in [0.25, 0.3) is 0 Å². The van der Waals surface area contributed by atoms with Crippen LogP contribution in [-0.2, 0) is 14.3 Å². The maximum absolute atomic E-state index is 12.5. The standard InChI is InChI=1S/C66H131NO5/c1-3-5-7-9-11-13-15-17-19-21-28-32-36-40-44-48-52-56-60-66(71)72-61-57-53-49-45-41-37-33-29-26-24-22-23-25-27-31-35-39-43-47-51-55-59-65(70)67-63(62-68)64(69)58-54-50-46-42-38-34-30-20-18-16-14-12-10-8-6-4-2/h63-64,68-69H,3-62H2,1-2H3,(H,67,70). The van der Waals surface area contributed by atoms with Crippen molar-refractivity contribution in [2.24, 2.45) is 0 Å². The van der Waals surface area contributed by atoms with E-state index in [1.165, 1.54) is 315 Å². The van der Waals surface area contributed by atoms with Crippen LogP contribution in [0.15, 0.2) is 0 Å². The minimum Gasteiger partial charge on any atom is -0.466 e. The number of nitrogens with one attached hydrogen (secondary N) is 1. The van der Waals surface area contributed by atoms with Gasteiger partial charge in [0, 0.05) is 12.8 Å². The van der Waals surface area contributed by atoms with Crippen LogP contribution in [0.5, 0.6) is 0 Å². The first-order valence-corrected chi connectivity index (χ1v) is 33.3. The van der Waals surface area contributed by atoms with Crippen molar-refractivity contribution in [1.82, 2.24) is 5.32 Å². The van der Waals surface area contributed by atoms with E-state index in [1.54, 1.807) is 0 Å². The molecule has 0 heterocycles. The van der Waals surface area contributed by atoms with E-state index in [0.29, 0.717) is 25.9 Å². The normalized spacial score (nSPS) is 12.4. The van der Waals surface area contributed by atoms with Gasteiger partial charge in [-0.15, -0.1) is 0 Å². The molecule has 0 aliphatic rings. The summed E-state index contributed by atoms with van der Waals surface area (Å²) in [6, 6.07) is -0.541. The Balaban J connectivity index is 3.35. The summed E-state index contributed by atoms with van der Waals surface area (Å²) >= 11 is 0. The van der Waals surface area contributed by atoms with Gasteiger partial charge in [0.15, 0.2) is 0 Å². The largest absolute Gasteiger partial charge is 0.466 e. The van der Waals surface area contributed by atoms with E-state index >= 15 is 0 Å². The van der Waals surface area contributed by atoms with E-state index in [9.17, 15) is 19.8 Å². The highest BCUT2D eigenvalue weighted by atomic mass is 16.5. The Morgan fingerprint density at radius 2 is 0.569 bits per heavy atom. The molecule has 0 bridgehead atoms. The summed E-state index contributed by atoms with van der Waals surface area (Å²) in [6.45, 7) is 4.99. The first kappa shape index (κ1) is 70.9. The highest BCUT2D eigenvalue weighted by Gasteiger charge is 2.20. The summed E-state index contributed by atoms with van der Waals surface area (Å²) in [6.07, 6.45) is 74.1. The third-order valence-electron chi connectivity index (χ3n) is 15.9. The Hall–Kier alpha value is -1.14. The van der Waals surface area contributed by atoms with Gasteiger partial charge in [0.25, 0.3) is 0 Å². The topological polar surface area (TPSA) is 95.9 Å². The summed E-state index contributed by atoms with van der Waals surface area (Å²) in [5.74, 6) is -0.0143. The fraction of sp³-hybridized carbons (Fsp3) is 0.970. The number of ether oxygens (including phenoxy) is 1. The molecule has 2 atom stereocenters. The zero-order valence-corrected chi connectivity index (χ0v) is 49.2. The lowest BCUT2D eigenvalue weighted by atomic mass is 10.0. The van der Waals surface area contributed by atoms with Crippen LogP contribution in [-0.4, -0.2) is 47.4 Å². The first-order chi connectivity index (χ1) is 35.5. The van der Waals surface area contributed by atoms with Gasteiger partial charge in [-0.1, -0.05) is 348 Å². The average Bonchev–Trinajstić information content (AvgIpc) is 3.38. The zero-order valence-electron chi connectivity index (χ0n) is 49.2. The van der Waals surface area contributed by atoms with Crippen molar-refractivity contribution in [3.63, 3.8) is 0 Å². The molecule has 0 aliphatic heterocycles. The second-order valence-corrected chi connectivity index (χ2v) is 23.2. The quantitative estimate of drug-likeness (QED) is 0.0417. The van der Waals surface area contributed by atoms with Crippen LogP contribution in [0.3, 0.4) is 0 Å². The van der Waals surface area contributed by atoms with Crippen molar-refractivity contribution in [2.45, 2.75) is 398 Å². The van der Waals surface area contributed by atoms with Crippen LogP contribution in [0, 0.1) is 0 Å². The van der Waals surface area contributed by atoms with Gasteiger partial charge < -0.3 is 20.3 Å². The molecule has 0 aromatic heterocycles. The van der Waals surface area contributed by atoms with E-state index in [2.05, 4.69) is 19.2 Å². The summed E-state index contributed by atoms with van der Waals surface area (Å²) < 4.78 is 5.51. The molecule has 0 aromatic carbocycles. The Morgan fingerprint density at radius 1 is 0.333 bits per heavy atom. The molecule has 2 unspecified atom stereocenters. The van der Waals surface area contributed by atoms with Gasteiger partial charge in [0.2, 0.25) is 5.91 Å². The van der Waals surface area contributed by atoms with E-state index in [0.717, 1.165) is 38.5 Å². The highest BCUT2D eigenvalue weighted by molar-refractivity contribution is 5.76. The van der Waals surface area contributed by atoms with Crippen molar-refractivity contribution in [3.8, 4) is 0 Å². The molecular weight excluding hydrogens is 887 g/mol. The minimum absolute atomic E-state index is 0.0177. The Labute approximate surface area is 451 Å². The van der Waals surface area contributed by atoms with Crippen LogP contribution in [0.4, 0.5) is 0 Å². The third-order valence-corrected chi connectivity index (χ3v) is 15.9. The second-order valence-electron chi connectivity index (χ2n) is 23.2. The van der Waals surface area contributed by atoms with Gasteiger partial charge >= 0.3 is 5.97 Å². The fourth-order valence-corrected chi connectivity index (χ4v) is 10.8. The Morgan fingerprint density at radius 3 is 0.847 bits per heavy atom. The molecular formula is C66H131NO5. The number of amides is 1. The molecule has 6 heteroatoms. The number of aliphatic hydroxyl groups excluding tert-OH is 2. The lowest BCUT2D eigenvalue weighted by Crippen LogP contribution is -2.45. The van der Waals surface area contributed by atoms with Crippen molar-refractivity contribution in [2.75, 3.05) is 13.2 Å². The number of aliphatic hydroxyl groups is 2. The van der Waals surface area contributed by atoms with E-state index in [-0.39, 0.29) is 18.5 Å². The zero-order chi connectivity index (χ0) is 52.2. The number of hydrogen-bond acceptors (Lipinski definition) is 5. The smallest absolute Gasteiger partial charge is 0.305 e. The van der Waals surface area contributed by atoms with Crippen molar-refractivity contribution in [1.29, 1.82) is 0 Å². The van der Waals surface area contributed by atoms with Gasteiger partial charge in [0.1, 0.15) is 0 Å². The summed E-state index contributed by atoms with van der Waals surface area (Å²) in [4.78, 5) is 24.6. The number of hydrogen-bond donors (Lipinski definition) is 3. The molecule has 0 spiro atoms. The molecule has 72 heavy (non-hydrogen) atoms. The van der Waals surface area contributed by atoms with Crippen molar-refractivity contribution < 1.29 is 24.5 Å². The third kappa shape index (κ3) is 58.1. The van der Waals surface area contributed by atoms with Gasteiger partial charge in [-0.25, -0.2) is 0 Å². The van der Waals surface area contributed by atoms with Gasteiger partial charge in [-0.3, -0.25) is 9.59 Å². The summed E-state index contributed by atoms with van der Waals surface area (Å²) in [5, 5.41) is 23.3. The molecule has 0 saturated heterocycles. The van der Waals surface area contributed by atoms with Gasteiger partial charge in [0.05, 0.1) is 25.4 Å². The summed E-state index contributed by atoms with van der Waals surface area (Å²) in [5.41, 5.74) is 0. The maximum Gasteiger partial charge on any atom is 0.305 e. The van der Waals surface area contributed by atoms with Crippen LogP contribution in [0.1, 0.15) is 386 Å². The minimum atomic E-state index is -0.664. The SMILES string of the molecule is CCCCCCCCCCCCCCCCCCCCC(=O)OCCCCCCCCCCCCCCCCCCCCCCCC(=O)NC(CO)C(O)CCCCCCCCCCCCCCCCCC. The van der Waals surface area contributed by atoms with Crippen molar-refractivity contribution >= 4 is 11.9 Å². The molecule has 1 amide bonds. The van der Waals surface area contributed by atoms with Crippen LogP contribution < -0.4 is 5.32 Å². The highest BCUT2D eigenvalue weighted by Crippen LogP contribution is 2.19. The second kappa shape index (κ2) is 62.4. The Kier molecular flexibility index (Phi) is 61.4. The lowest BCUT2D eigenvalue weighted by molar-refractivity contribution is -0.143. The Bertz CT molecular complexity index is 1040. The predicted molar refractivity (Wildman–Crippen MR) is 315 cm³/mol. The monoisotopic (exact) mass is 1020 g/mol. The van der Waals surface area contributed by atoms with Gasteiger partial charge in [-0.2, -0.15) is 0 Å². The van der Waals surface area contributed by atoms with Crippen LogP contribution in [0.2, 0.25) is 0 Å². The fourth-order valence-electron chi connectivity index (χ4n) is 10.8. The van der Waals surface area contributed by atoms with Crippen molar-refractivity contribution in [3.05, 3.63) is 0 Å². The molecule has 0 radical (unpaired) electrons. The van der Waals surface area contributed by atoms with Crippen LogP contribution >= 0.6 is 0 Å². The molecule has 430 valence electrons. The molecule has 0 rings (SSSR count).